The first kappa shape index (κ1) is 18.6. The monoisotopic (exact) mass is 376 g/mol. The van der Waals surface area contributed by atoms with Crippen molar-refractivity contribution >= 4 is 21.8 Å². The van der Waals surface area contributed by atoms with Crippen molar-refractivity contribution in [3.05, 3.63) is 48.0 Å². The van der Waals surface area contributed by atoms with Gasteiger partial charge < -0.3 is 4.90 Å². The van der Waals surface area contributed by atoms with Gasteiger partial charge in [0.15, 0.2) is 9.84 Å². The van der Waals surface area contributed by atoms with Crippen LogP contribution in [-0.4, -0.2) is 49.9 Å². The van der Waals surface area contributed by atoms with Crippen LogP contribution in [0.3, 0.4) is 0 Å². The van der Waals surface area contributed by atoms with Crippen LogP contribution in [-0.2, 0) is 20.0 Å². The highest BCUT2D eigenvalue weighted by Crippen LogP contribution is 2.49. The summed E-state index contributed by atoms with van der Waals surface area (Å²) in [5, 5.41) is 2.26. The fraction of sp³-hybridized carbons (Fsp3) is 0.474. The van der Waals surface area contributed by atoms with E-state index in [1.54, 1.807) is 12.2 Å². The van der Waals surface area contributed by atoms with Crippen LogP contribution in [0.5, 0.6) is 0 Å². The normalized spacial score (nSPS) is 19.6. The average molecular weight is 376 g/mol. The van der Waals surface area contributed by atoms with E-state index in [4.69, 9.17) is 0 Å². The van der Waals surface area contributed by atoms with Gasteiger partial charge in [-0.3, -0.25) is 10.1 Å². The molecule has 0 unspecified atom stereocenters. The molecule has 1 N–H and O–H groups in total. The van der Waals surface area contributed by atoms with Crippen LogP contribution in [0, 0.1) is 0 Å². The molecule has 26 heavy (non-hydrogen) atoms. The second kappa shape index (κ2) is 7.61. The summed E-state index contributed by atoms with van der Waals surface area (Å²) >= 11 is 0. The molecule has 0 bridgehead atoms. The fourth-order valence-corrected chi connectivity index (χ4v) is 5.23. The van der Waals surface area contributed by atoms with Gasteiger partial charge in [-0.05, 0) is 24.8 Å². The van der Waals surface area contributed by atoms with Gasteiger partial charge in [0.05, 0.1) is 11.5 Å². The van der Waals surface area contributed by atoms with Gasteiger partial charge in [-0.25, -0.2) is 13.2 Å². The molecule has 0 spiro atoms. The van der Waals surface area contributed by atoms with Gasteiger partial charge in [0, 0.05) is 24.9 Å². The van der Waals surface area contributed by atoms with E-state index in [1.807, 2.05) is 30.3 Å². The van der Waals surface area contributed by atoms with E-state index in [2.05, 4.69) is 5.32 Å². The Morgan fingerprint density at radius 3 is 2.50 bits per heavy atom. The van der Waals surface area contributed by atoms with Crippen LogP contribution >= 0.6 is 0 Å². The second-order valence-corrected chi connectivity index (χ2v) is 9.23. The van der Waals surface area contributed by atoms with Crippen LogP contribution in [0.15, 0.2) is 42.5 Å². The average Bonchev–Trinajstić information content (AvgIpc) is 3.37. The molecule has 1 saturated heterocycles. The van der Waals surface area contributed by atoms with Crippen molar-refractivity contribution in [3.8, 4) is 0 Å². The van der Waals surface area contributed by atoms with E-state index >= 15 is 0 Å². The summed E-state index contributed by atoms with van der Waals surface area (Å²) in [6.45, 7) is 0.778. The van der Waals surface area contributed by atoms with E-state index in [0.717, 1.165) is 18.4 Å². The highest BCUT2D eigenvalue weighted by molar-refractivity contribution is 7.91. The Bertz CT molecular complexity index is 798. The molecule has 1 saturated carbocycles. The van der Waals surface area contributed by atoms with Crippen LogP contribution in [0.2, 0.25) is 0 Å². The maximum Gasteiger partial charge on any atom is 0.324 e. The van der Waals surface area contributed by atoms with Gasteiger partial charge in [0.2, 0.25) is 5.91 Å². The summed E-state index contributed by atoms with van der Waals surface area (Å²) in [5.41, 5.74) is 0.923. The number of nitrogens with zero attached hydrogens (tertiary/aromatic N) is 1. The van der Waals surface area contributed by atoms with Crippen LogP contribution < -0.4 is 5.32 Å². The van der Waals surface area contributed by atoms with Crippen LogP contribution in [0.25, 0.3) is 0 Å². The number of sulfone groups is 1. The number of urea groups is 1. The third-order valence-electron chi connectivity index (χ3n) is 4.97. The molecule has 2 aliphatic rings. The molecule has 2 fully saturated rings. The number of nitrogens with one attached hydrogen (secondary N) is 1. The molecule has 1 heterocycles. The fourth-order valence-electron chi connectivity index (χ4n) is 3.29. The van der Waals surface area contributed by atoms with Crippen LogP contribution in [0.1, 0.15) is 31.2 Å². The molecular weight excluding hydrogens is 352 g/mol. The second-order valence-electron chi connectivity index (χ2n) is 7.05. The van der Waals surface area contributed by atoms with Gasteiger partial charge in [0.1, 0.15) is 0 Å². The lowest BCUT2D eigenvalue weighted by molar-refractivity contribution is -0.121. The first-order valence-corrected chi connectivity index (χ1v) is 10.7. The Kier molecular flexibility index (Phi) is 5.46. The Morgan fingerprint density at radius 1 is 1.12 bits per heavy atom. The molecule has 1 aromatic rings. The summed E-state index contributed by atoms with van der Waals surface area (Å²) in [6, 6.07) is 9.48. The van der Waals surface area contributed by atoms with E-state index in [-0.39, 0.29) is 22.8 Å². The molecule has 3 amide bonds. The summed E-state index contributed by atoms with van der Waals surface area (Å²) < 4.78 is 24.9. The summed E-state index contributed by atoms with van der Waals surface area (Å²) in [5.74, 6) is 0.0609. The first-order chi connectivity index (χ1) is 12.4. The first-order valence-electron chi connectivity index (χ1n) is 8.90. The quantitative estimate of drug-likeness (QED) is 0.704. The number of amides is 3. The number of imide groups is 1. The Hall–Kier alpha value is -2.15. The largest absolute Gasteiger partial charge is 0.324 e. The van der Waals surface area contributed by atoms with Crippen molar-refractivity contribution in [1.29, 1.82) is 0 Å². The van der Waals surface area contributed by atoms with Gasteiger partial charge in [-0.1, -0.05) is 42.5 Å². The number of carbonyl (C=O) groups is 2. The van der Waals surface area contributed by atoms with Gasteiger partial charge in [-0.2, -0.15) is 0 Å². The molecule has 1 aliphatic carbocycles. The Balaban J connectivity index is 1.45. The molecule has 6 nitrogen and oxygen atoms in total. The van der Waals surface area contributed by atoms with Crippen molar-refractivity contribution in [2.75, 3.05) is 24.6 Å². The number of benzene rings is 1. The zero-order valence-corrected chi connectivity index (χ0v) is 15.5. The van der Waals surface area contributed by atoms with E-state index in [0.29, 0.717) is 25.9 Å². The predicted octanol–water partition coefficient (Wildman–Crippen LogP) is 2.02. The predicted molar refractivity (Wildman–Crippen MR) is 99.5 cm³/mol. The standard InChI is InChI=1S/C19H24N2O4S/c22-17-9-13-21(18(23)20-17)12-5-2-6-14-26(24,25)15-19(10-11-19)16-7-3-1-4-8-16/h1-5,7-8H,6,9-15H2,(H,20,22,23)/b5-2-. The molecule has 1 aromatic carbocycles. The minimum absolute atomic E-state index is 0.114. The SMILES string of the molecule is O=C1CCN(C/C=C\CCS(=O)(=O)CC2(c3ccccc3)CC2)C(=O)N1. The molecule has 7 heteroatoms. The molecule has 3 rings (SSSR count). The number of carbonyl (C=O) groups excluding carboxylic acids is 2. The van der Waals surface area contributed by atoms with Gasteiger partial charge >= 0.3 is 6.03 Å². The van der Waals surface area contributed by atoms with Gasteiger partial charge in [0.25, 0.3) is 0 Å². The Morgan fingerprint density at radius 2 is 1.85 bits per heavy atom. The zero-order chi connectivity index (χ0) is 18.6. The topological polar surface area (TPSA) is 83.6 Å². The number of allylic oxidation sites excluding steroid dienone is 1. The maximum absolute atomic E-state index is 12.5. The molecule has 0 radical (unpaired) electrons. The maximum atomic E-state index is 12.5. The van der Waals surface area contributed by atoms with Crippen molar-refractivity contribution in [1.82, 2.24) is 10.2 Å². The minimum atomic E-state index is -3.14. The lowest BCUT2D eigenvalue weighted by Crippen LogP contribution is -2.49. The lowest BCUT2D eigenvalue weighted by Gasteiger charge is -2.25. The van der Waals surface area contributed by atoms with Gasteiger partial charge in [-0.15, -0.1) is 0 Å². The smallest absolute Gasteiger partial charge is 0.320 e. The van der Waals surface area contributed by atoms with Crippen molar-refractivity contribution in [3.63, 3.8) is 0 Å². The summed E-state index contributed by atoms with van der Waals surface area (Å²) in [6.07, 6.45) is 6.17. The zero-order valence-electron chi connectivity index (χ0n) is 14.7. The number of hydrogen-bond donors (Lipinski definition) is 1. The molecule has 140 valence electrons. The Labute approximate surface area is 154 Å². The highest BCUT2D eigenvalue weighted by atomic mass is 32.2. The van der Waals surface area contributed by atoms with Crippen molar-refractivity contribution in [2.24, 2.45) is 0 Å². The minimum Gasteiger partial charge on any atom is -0.320 e. The molecule has 0 atom stereocenters. The lowest BCUT2D eigenvalue weighted by atomic mass is 9.99. The number of hydrogen-bond acceptors (Lipinski definition) is 4. The number of rotatable bonds is 8. The third-order valence-corrected chi connectivity index (χ3v) is 6.82. The van der Waals surface area contributed by atoms with Crippen LogP contribution in [0.4, 0.5) is 4.79 Å². The third kappa shape index (κ3) is 4.72. The van der Waals surface area contributed by atoms with E-state index in [9.17, 15) is 18.0 Å². The molecule has 0 aromatic heterocycles. The van der Waals surface area contributed by atoms with Crippen molar-refractivity contribution < 1.29 is 18.0 Å². The summed E-state index contributed by atoms with van der Waals surface area (Å²) in [4.78, 5) is 24.2. The van der Waals surface area contributed by atoms with E-state index in [1.165, 1.54) is 4.90 Å². The molecular formula is C19H24N2O4S. The van der Waals surface area contributed by atoms with E-state index < -0.39 is 15.9 Å². The van der Waals surface area contributed by atoms with Crippen molar-refractivity contribution in [2.45, 2.75) is 31.1 Å². The molecule has 1 aliphatic heterocycles. The highest BCUT2D eigenvalue weighted by Gasteiger charge is 2.47. The summed E-state index contributed by atoms with van der Waals surface area (Å²) in [7, 11) is -3.14.